The highest BCUT2D eigenvalue weighted by Gasteiger charge is 2.15. The van der Waals surface area contributed by atoms with Gasteiger partial charge in [-0.2, -0.15) is 0 Å². The van der Waals surface area contributed by atoms with Gasteiger partial charge in [-0.1, -0.05) is 18.2 Å². The first-order chi connectivity index (χ1) is 12.6. The van der Waals surface area contributed by atoms with E-state index in [-0.39, 0.29) is 24.0 Å². The quantitative estimate of drug-likeness (QED) is 0.605. The minimum Gasteiger partial charge on any atom is -0.504 e. The number of allylic oxidation sites excluding steroid dienone is 1. The molecule has 2 aromatic carbocycles. The van der Waals surface area contributed by atoms with Crippen LogP contribution in [0.15, 0.2) is 46.9 Å². The summed E-state index contributed by atoms with van der Waals surface area (Å²) in [6, 6.07) is 10.5. The highest BCUT2D eigenvalue weighted by Crippen LogP contribution is 2.33. The van der Waals surface area contributed by atoms with Gasteiger partial charge in [0.25, 0.3) is 0 Å². The molecular formula is C19H16N2O5. The minimum absolute atomic E-state index is 0.131. The van der Waals surface area contributed by atoms with Crippen LogP contribution in [0.3, 0.4) is 0 Å². The van der Waals surface area contributed by atoms with Crippen molar-refractivity contribution in [3.63, 3.8) is 0 Å². The molecule has 0 spiro atoms. The zero-order valence-electron chi connectivity index (χ0n) is 13.7. The Morgan fingerprint density at radius 1 is 1.04 bits per heavy atom. The lowest BCUT2D eigenvalue weighted by atomic mass is 10.1. The van der Waals surface area contributed by atoms with Gasteiger partial charge in [-0.05, 0) is 47.9 Å². The number of phenolic OH excluding ortho intramolecular Hbond substituents is 1. The third-order valence-electron chi connectivity index (χ3n) is 4.05. The molecule has 0 saturated carbocycles. The summed E-state index contributed by atoms with van der Waals surface area (Å²) in [5.74, 6) is 0.629. The second-order valence-corrected chi connectivity index (χ2v) is 5.91. The summed E-state index contributed by atoms with van der Waals surface area (Å²) in [5.41, 5.74) is 3.77. The van der Waals surface area contributed by atoms with Gasteiger partial charge in [0.05, 0.1) is 0 Å². The molecule has 0 unspecified atom stereocenters. The van der Waals surface area contributed by atoms with Crippen LogP contribution >= 0.6 is 0 Å². The summed E-state index contributed by atoms with van der Waals surface area (Å²) >= 11 is 0. The van der Waals surface area contributed by atoms with Gasteiger partial charge in [-0.3, -0.25) is 0 Å². The van der Waals surface area contributed by atoms with Crippen LogP contribution in [0.1, 0.15) is 11.1 Å². The molecule has 0 saturated heterocycles. The summed E-state index contributed by atoms with van der Waals surface area (Å²) < 4.78 is 10.8. The molecule has 1 aromatic heterocycles. The van der Waals surface area contributed by atoms with Crippen LogP contribution in [0.4, 0.5) is 0 Å². The van der Waals surface area contributed by atoms with Crippen LogP contribution in [-0.4, -0.2) is 38.4 Å². The van der Waals surface area contributed by atoms with E-state index in [2.05, 4.69) is 22.3 Å². The molecule has 0 fully saturated rings. The lowest BCUT2D eigenvalue weighted by Gasteiger charge is -2.09. The van der Waals surface area contributed by atoms with Crippen LogP contribution in [0, 0.1) is 0 Å². The molecule has 26 heavy (non-hydrogen) atoms. The van der Waals surface area contributed by atoms with Crippen molar-refractivity contribution in [1.82, 2.24) is 10.2 Å². The van der Waals surface area contributed by atoms with Crippen molar-refractivity contribution in [3.05, 3.63) is 53.6 Å². The average molecular weight is 352 g/mol. The topological polar surface area (TPSA) is 109 Å². The van der Waals surface area contributed by atoms with Crippen LogP contribution in [0.25, 0.3) is 29.0 Å². The molecule has 1 aliphatic rings. The molecule has 1 aliphatic carbocycles. The van der Waals surface area contributed by atoms with Gasteiger partial charge in [-0.15, -0.1) is 10.2 Å². The van der Waals surface area contributed by atoms with Crippen molar-refractivity contribution < 1.29 is 24.5 Å². The SMILES string of the molecule is Oc1cc(-c2nnc(-c3ccc4c(c3)C=CC4)o2)ccc1OCC(O)O. The van der Waals surface area contributed by atoms with E-state index in [4.69, 9.17) is 19.4 Å². The fourth-order valence-electron chi connectivity index (χ4n) is 2.78. The Morgan fingerprint density at radius 2 is 1.77 bits per heavy atom. The third kappa shape index (κ3) is 3.17. The fraction of sp³-hybridized carbons (Fsp3) is 0.158. The Bertz CT molecular complexity index is 978. The molecule has 0 bridgehead atoms. The van der Waals surface area contributed by atoms with Gasteiger partial charge in [0.15, 0.2) is 17.8 Å². The average Bonchev–Trinajstić information content (AvgIpc) is 3.29. The Balaban J connectivity index is 1.58. The number of aromatic hydroxyl groups is 1. The van der Waals surface area contributed by atoms with E-state index in [9.17, 15) is 5.11 Å². The van der Waals surface area contributed by atoms with Gasteiger partial charge >= 0.3 is 0 Å². The summed E-state index contributed by atoms with van der Waals surface area (Å²) in [4.78, 5) is 0. The van der Waals surface area contributed by atoms with Gasteiger partial charge in [0.2, 0.25) is 11.8 Å². The molecule has 3 aromatic rings. The van der Waals surface area contributed by atoms with Crippen LogP contribution in [0.2, 0.25) is 0 Å². The third-order valence-corrected chi connectivity index (χ3v) is 4.05. The number of aliphatic hydroxyl groups excluding tert-OH is 1. The molecule has 0 amide bonds. The monoisotopic (exact) mass is 352 g/mol. The maximum Gasteiger partial charge on any atom is 0.248 e. The number of benzene rings is 2. The summed E-state index contributed by atoms with van der Waals surface area (Å²) in [7, 11) is 0. The Morgan fingerprint density at radius 3 is 2.50 bits per heavy atom. The number of aromatic nitrogens is 2. The lowest BCUT2D eigenvalue weighted by Crippen LogP contribution is -2.15. The van der Waals surface area contributed by atoms with Gasteiger partial charge < -0.3 is 24.5 Å². The number of hydrogen-bond donors (Lipinski definition) is 3. The van der Waals surface area contributed by atoms with E-state index in [0.717, 1.165) is 17.5 Å². The molecule has 0 atom stereocenters. The highest BCUT2D eigenvalue weighted by molar-refractivity contribution is 5.68. The van der Waals surface area contributed by atoms with E-state index in [1.807, 2.05) is 18.2 Å². The van der Waals surface area contributed by atoms with Crippen molar-refractivity contribution in [2.75, 3.05) is 6.61 Å². The van der Waals surface area contributed by atoms with Crippen molar-refractivity contribution >= 4 is 6.08 Å². The second kappa shape index (κ2) is 6.62. The fourth-order valence-corrected chi connectivity index (χ4v) is 2.78. The van der Waals surface area contributed by atoms with Crippen molar-refractivity contribution in [1.29, 1.82) is 0 Å². The maximum absolute atomic E-state index is 10.0. The molecule has 4 rings (SSSR count). The first-order valence-corrected chi connectivity index (χ1v) is 8.06. The standard InChI is InChI=1S/C19H16N2O5/c22-15-9-14(6-7-16(15)25-10-17(23)24)19-21-20-18(26-19)13-5-4-11-2-1-3-12(11)8-13/h1,3-9,17,22-24H,2,10H2. The molecule has 7 nitrogen and oxygen atoms in total. The second-order valence-electron chi connectivity index (χ2n) is 5.91. The maximum atomic E-state index is 10.0. The summed E-state index contributed by atoms with van der Waals surface area (Å²) in [5, 5.41) is 35.8. The molecular weight excluding hydrogens is 336 g/mol. The number of rotatable bonds is 5. The molecule has 0 aliphatic heterocycles. The molecule has 7 heteroatoms. The zero-order chi connectivity index (χ0) is 18.1. The van der Waals surface area contributed by atoms with E-state index in [1.165, 1.54) is 17.7 Å². The van der Waals surface area contributed by atoms with Crippen LogP contribution < -0.4 is 4.74 Å². The normalized spacial score (nSPS) is 12.6. The number of phenols is 1. The van der Waals surface area contributed by atoms with E-state index in [0.29, 0.717) is 11.5 Å². The Kier molecular flexibility index (Phi) is 4.16. The zero-order valence-corrected chi connectivity index (χ0v) is 13.7. The van der Waals surface area contributed by atoms with Crippen molar-refractivity contribution in [3.8, 4) is 34.4 Å². The molecule has 132 valence electrons. The van der Waals surface area contributed by atoms with Gasteiger partial charge in [-0.25, -0.2) is 0 Å². The van der Waals surface area contributed by atoms with E-state index in [1.54, 1.807) is 6.07 Å². The first-order valence-electron chi connectivity index (χ1n) is 8.06. The Hall–Kier alpha value is -3.16. The highest BCUT2D eigenvalue weighted by atomic mass is 16.5. The summed E-state index contributed by atoms with van der Waals surface area (Å²) in [6.45, 7) is -0.343. The lowest BCUT2D eigenvalue weighted by molar-refractivity contribution is -0.0683. The predicted octanol–water partition coefficient (Wildman–Crippen LogP) is 2.37. The van der Waals surface area contributed by atoms with Crippen molar-refractivity contribution in [2.24, 2.45) is 0 Å². The predicted molar refractivity (Wildman–Crippen MR) is 93.3 cm³/mol. The summed E-state index contributed by atoms with van der Waals surface area (Å²) in [6.07, 6.45) is 3.49. The molecule has 0 radical (unpaired) electrons. The molecule has 3 N–H and O–H groups in total. The smallest absolute Gasteiger partial charge is 0.248 e. The molecule has 1 heterocycles. The first kappa shape index (κ1) is 16.3. The van der Waals surface area contributed by atoms with Crippen LogP contribution in [-0.2, 0) is 6.42 Å². The number of aliphatic hydroxyl groups is 2. The number of hydrogen-bond acceptors (Lipinski definition) is 7. The van der Waals surface area contributed by atoms with Crippen LogP contribution in [0.5, 0.6) is 11.5 Å². The Labute approximate surface area is 148 Å². The van der Waals surface area contributed by atoms with Gasteiger partial charge in [0, 0.05) is 11.1 Å². The van der Waals surface area contributed by atoms with E-state index >= 15 is 0 Å². The minimum atomic E-state index is -1.62. The van der Waals surface area contributed by atoms with Gasteiger partial charge in [0.1, 0.15) is 6.61 Å². The number of nitrogens with zero attached hydrogens (tertiary/aromatic N) is 2. The van der Waals surface area contributed by atoms with Crippen molar-refractivity contribution in [2.45, 2.75) is 12.7 Å². The number of ether oxygens (including phenoxy) is 1. The number of fused-ring (bicyclic) bond motifs is 1. The van der Waals surface area contributed by atoms with E-state index < -0.39 is 6.29 Å². The largest absolute Gasteiger partial charge is 0.504 e.